The lowest BCUT2D eigenvalue weighted by Gasteiger charge is -2.31. The number of Topliss-reactive ketones (excluding diaryl/α,β-unsaturated/α-hetero) is 1. The third-order valence-corrected chi connectivity index (χ3v) is 4.04. The summed E-state index contributed by atoms with van der Waals surface area (Å²) in [6, 6.07) is 8.87. The second kappa shape index (κ2) is 5.03. The quantitative estimate of drug-likeness (QED) is 0.752. The van der Waals surface area contributed by atoms with Crippen LogP contribution in [0.15, 0.2) is 30.3 Å². The van der Waals surface area contributed by atoms with Crippen molar-refractivity contribution >= 4 is 5.78 Å². The summed E-state index contributed by atoms with van der Waals surface area (Å²) in [6.07, 6.45) is -2.29. The lowest BCUT2D eigenvalue weighted by molar-refractivity contribution is 0.0207. The number of aromatic hydroxyl groups is 2. The summed E-state index contributed by atoms with van der Waals surface area (Å²) in [5.74, 6) is -0.968. The van der Waals surface area contributed by atoms with Gasteiger partial charge in [0.25, 0.3) is 0 Å². The van der Waals surface area contributed by atoms with E-state index in [1.54, 1.807) is 31.2 Å². The number of aliphatic hydroxyl groups is 1. The number of ketones is 1. The van der Waals surface area contributed by atoms with Crippen LogP contribution in [0.1, 0.15) is 33.2 Å². The minimum absolute atomic E-state index is 0.0764. The third kappa shape index (κ3) is 1.94. The molecule has 0 saturated heterocycles. The molecular weight excluding hydrogens is 284 g/mol. The smallest absolute Gasteiger partial charge is 0.202 e. The van der Waals surface area contributed by atoms with E-state index < -0.39 is 18.0 Å². The molecule has 22 heavy (non-hydrogen) atoms. The Hall–Kier alpha value is -2.53. The van der Waals surface area contributed by atoms with Crippen LogP contribution in [0, 0.1) is 13.8 Å². The van der Waals surface area contributed by atoms with Crippen molar-refractivity contribution in [2.24, 2.45) is 0 Å². The monoisotopic (exact) mass is 300 g/mol. The second-order valence-corrected chi connectivity index (χ2v) is 5.41. The van der Waals surface area contributed by atoms with Crippen LogP contribution >= 0.6 is 0 Å². The van der Waals surface area contributed by atoms with Crippen LogP contribution in [-0.2, 0) is 0 Å². The standard InChI is InChI=1S/C17H16O5/c1-8-12(18)9(2)16-11(13(8)19)14(20)15(21)17(22-16)10-6-4-3-5-7-10/h3-7,15,17-19,21H,1-2H3/t15-,17+/m0/s1. The van der Waals surface area contributed by atoms with E-state index in [0.29, 0.717) is 11.1 Å². The van der Waals surface area contributed by atoms with Crippen molar-refractivity contribution in [1.82, 2.24) is 0 Å². The number of carbonyl (C=O) groups is 1. The summed E-state index contributed by atoms with van der Waals surface area (Å²) in [4.78, 5) is 12.5. The first-order chi connectivity index (χ1) is 10.4. The summed E-state index contributed by atoms with van der Waals surface area (Å²) in [5, 5.41) is 30.4. The molecule has 0 radical (unpaired) electrons. The number of benzene rings is 2. The number of ether oxygens (including phenoxy) is 1. The fourth-order valence-corrected chi connectivity index (χ4v) is 2.73. The van der Waals surface area contributed by atoms with Crippen molar-refractivity contribution in [3.8, 4) is 17.2 Å². The fourth-order valence-electron chi connectivity index (χ4n) is 2.73. The number of aliphatic hydroxyl groups excluding tert-OH is 1. The Morgan fingerprint density at radius 2 is 1.64 bits per heavy atom. The highest BCUT2D eigenvalue weighted by Crippen LogP contribution is 2.47. The molecule has 1 aliphatic heterocycles. The largest absolute Gasteiger partial charge is 0.507 e. The van der Waals surface area contributed by atoms with Gasteiger partial charge >= 0.3 is 0 Å². The summed E-state index contributed by atoms with van der Waals surface area (Å²) in [5.41, 5.74) is 1.13. The number of hydrogen-bond acceptors (Lipinski definition) is 5. The highest BCUT2D eigenvalue weighted by molar-refractivity contribution is 6.06. The molecule has 2 aromatic rings. The van der Waals surface area contributed by atoms with E-state index in [0.717, 1.165) is 0 Å². The van der Waals surface area contributed by atoms with Crippen LogP contribution in [0.4, 0.5) is 0 Å². The molecule has 3 N–H and O–H groups in total. The van der Waals surface area contributed by atoms with Gasteiger partial charge < -0.3 is 20.1 Å². The molecule has 2 aromatic carbocycles. The third-order valence-electron chi connectivity index (χ3n) is 4.04. The molecule has 114 valence electrons. The summed E-state index contributed by atoms with van der Waals surface area (Å²) in [7, 11) is 0. The van der Waals surface area contributed by atoms with Crippen LogP contribution in [0.3, 0.4) is 0 Å². The Bertz CT molecular complexity index is 752. The highest BCUT2D eigenvalue weighted by Gasteiger charge is 2.40. The van der Waals surface area contributed by atoms with Gasteiger partial charge in [0.05, 0.1) is 0 Å². The van der Waals surface area contributed by atoms with Gasteiger partial charge in [-0.05, 0) is 19.4 Å². The van der Waals surface area contributed by atoms with E-state index in [1.807, 2.05) is 6.07 Å². The molecule has 0 spiro atoms. The molecule has 0 aromatic heterocycles. The molecule has 5 heteroatoms. The zero-order chi connectivity index (χ0) is 16.0. The number of carbonyl (C=O) groups excluding carboxylic acids is 1. The molecule has 0 saturated carbocycles. The molecule has 5 nitrogen and oxygen atoms in total. The average molecular weight is 300 g/mol. The first kappa shape index (κ1) is 14.4. The van der Waals surface area contributed by atoms with Gasteiger partial charge in [-0.25, -0.2) is 0 Å². The van der Waals surface area contributed by atoms with Crippen molar-refractivity contribution in [1.29, 1.82) is 0 Å². The van der Waals surface area contributed by atoms with E-state index in [2.05, 4.69) is 0 Å². The van der Waals surface area contributed by atoms with Gasteiger partial charge in [-0.15, -0.1) is 0 Å². The molecule has 1 heterocycles. The lowest BCUT2D eigenvalue weighted by atomic mass is 9.90. The van der Waals surface area contributed by atoms with Crippen molar-refractivity contribution in [3.63, 3.8) is 0 Å². The Morgan fingerprint density at radius 3 is 2.27 bits per heavy atom. The van der Waals surface area contributed by atoms with E-state index in [4.69, 9.17) is 4.74 Å². The van der Waals surface area contributed by atoms with E-state index in [-0.39, 0.29) is 28.4 Å². The Morgan fingerprint density at radius 1 is 1.00 bits per heavy atom. The lowest BCUT2D eigenvalue weighted by Crippen LogP contribution is -2.36. The van der Waals surface area contributed by atoms with E-state index >= 15 is 0 Å². The van der Waals surface area contributed by atoms with Gasteiger partial charge in [0.1, 0.15) is 22.8 Å². The minimum atomic E-state index is -1.41. The predicted molar refractivity (Wildman–Crippen MR) is 79.4 cm³/mol. The van der Waals surface area contributed by atoms with Gasteiger partial charge in [0.15, 0.2) is 12.2 Å². The zero-order valence-electron chi connectivity index (χ0n) is 12.2. The Balaban J connectivity index is 2.19. The SMILES string of the molecule is Cc1c(O)c(C)c2c(c1O)C(=O)[C@H](O)[C@@H](c1ccccc1)O2. The van der Waals surface area contributed by atoms with Crippen molar-refractivity contribution in [2.75, 3.05) is 0 Å². The van der Waals surface area contributed by atoms with E-state index in [1.165, 1.54) is 6.92 Å². The van der Waals surface area contributed by atoms with Crippen LogP contribution in [0.2, 0.25) is 0 Å². The Kier molecular flexibility index (Phi) is 3.30. The molecule has 0 aliphatic carbocycles. The van der Waals surface area contributed by atoms with Crippen molar-refractivity contribution in [3.05, 3.63) is 52.6 Å². The van der Waals surface area contributed by atoms with Crippen LogP contribution in [0.25, 0.3) is 0 Å². The summed E-state index contributed by atoms with van der Waals surface area (Å²) >= 11 is 0. The number of phenols is 2. The fraction of sp³-hybridized carbons (Fsp3) is 0.235. The molecule has 0 fully saturated rings. The number of fused-ring (bicyclic) bond motifs is 1. The van der Waals surface area contributed by atoms with Gasteiger partial charge in [0, 0.05) is 11.1 Å². The predicted octanol–water partition coefficient (Wildman–Crippen LogP) is 2.39. The van der Waals surface area contributed by atoms with E-state index in [9.17, 15) is 20.1 Å². The average Bonchev–Trinajstić information content (AvgIpc) is 2.54. The van der Waals surface area contributed by atoms with Crippen LogP contribution in [-0.4, -0.2) is 27.2 Å². The molecular formula is C17H16O5. The molecule has 0 amide bonds. The van der Waals surface area contributed by atoms with Gasteiger partial charge in [-0.1, -0.05) is 30.3 Å². The topological polar surface area (TPSA) is 87.0 Å². The van der Waals surface area contributed by atoms with Crippen molar-refractivity contribution in [2.45, 2.75) is 26.1 Å². The molecule has 0 bridgehead atoms. The highest BCUT2D eigenvalue weighted by atomic mass is 16.5. The normalized spacial score (nSPS) is 20.4. The molecule has 3 rings (SSSR count). The number of hydrogen-bond donors (Lipinski definition) is 3. The van der Waals surface area contributed by atoms with Crippen molar-refractivity contribution < 1.29 is 24.9 Å². The first-order valence-corrected chi connectivity index (χ1v) is 6.92. The van der Waals surface area contributed by atoms with Crippen LogP contribution < -0.4 is 4.74 Å². The summed E-state index contributed by atoms with van der Waals surface area (Å²) in [6.45, 7) is 3.11. The van der Waals surface area contributed by atoms with Gasteiger partial charge in [-0.2, -0.15) is 0 Å². The summed E-state index contributed by atoms with van der Waals surface area (Å²) < 4.78 is 5.76. The first-order valence-electron chi connectivity index (χ1n) is 6.92. The van der Waals surface area contributed by atoms with Gasteiger partial charge in [-0.3, -0.25) is 4.79 Å². The molecule has 0 unspecified atom stereocenters. The zero-order valence-corrected chi connectivity index (χ0v) is 12.2. The number of phenolic OH excluding ortho intramolecular Hbond substituents is 2. The maximum absolute atomic E-state index is 12.5. The molecule has 2 atom stereocenters. The maximum atomic E-state index is 12.5. The maximum Gasteiger partial charge on any atom is 0.202 e. The van der Waals surface area contributed by atoms with Gasteiger partial charge in [0.2, 0.25) is 5.78 Å². The minimum Gasteiger partial charge on any atom is -0.507 e. The Labute approximate surface area is 127 Å². The second-order valence-electron chi connectivity index (χ2n) is 5.41. The number of rotatable bonds is 1. The van der Waals surface area contributed by atoms with Crippen LogP contribution in [0.5, 0.6) is 17.2 Å². The molecule has 1 aliphatic rings.